The third-order valence-electron chi connectivity index (χ3n) is 11.9. The van der Waals surface area contributed by atoms with E-state index in [-0.39, 0.29) is 0 Å². The van der Waals surface area contributed by atoms with E-state index in [1.165, 1.54) is 60.8 Å². The molecule has 1 aliphatic carbocycles. The molecule has 2 heteroatoms. The summed E-state index contributed by atoms with van der Waals surface area (Å²) in [6.45, 7) is 0. The molecule has 61 heavy (non-hydrogen) atoms. The summed E-state index contributed by atoms with van der Waals surface area (Å²) < 4.78 is 5.89. The Hall–Kier alpha value is -7.68. The van der Waals surface area contributed by atoms with Crippen LogP contribution in [0.25, 0.3) is 72.0 Å². The van der Waals surface area contributed by atoms with Crippen LogP contribution < -0.4 is 4.90 Å². The largest absolute Gasteiger partial charge is 0.500 e. The number of fused-ring (bicyclic) bond motifs is 1. The van der Waals surface area contributed by atoms with E-state index in [4.69, 9.17) is 4.74 Å². The average molecular weight is 784 g/mol. The molecule has 0 bridgehead atoms. The second kappa shape index (κ2) is 16.9. The lowest BCUT2D eigenvalue weighted by atomic mass is 9.88. The van der Waals surface area contributed by atoms with Gasteiger partial charge in [-0.05, 0) is 127 Å². The molecule has 0 heterocycles. The van der Waals surface area contributed by atoms with E-state index in [2.05, 4.69) is 235 Å². The van der Waals surface area contributed by atoms with Crippen molar-refractivity contribution in [1.29, 1.82) is 0 Å². The summed E-state index contributed by atoms with van der Waals surface area (Å²) in [5.41, 5.74) is 17.5. The first-order chi connectivity index (χ1) is 30.2. The van der Waals surface area contributed by atoms with Gasteiger partial charge in [-0.2, -0.15) is 0 Å². The number of nitrogens with zero attached hydrogens (tertiary/aromatic N) is 1. The molecule has 0 fully saturated rings. The minimum absolute atomic E-state index is 0.910. The smallest absolute Gasteiger partial charge is 0.104 e. The minimum Gasteiger partial charge on any atom is -0.500 e. The fraction of sp³-hybridized carbons (Fsp3) is 0.0508. The van der Waals surface area contributed by atoms with Gasteiger partial charge in [0, 0.05) is 29.1 Å². The highest BCUT2D eigenvalue weighted by atomic mass is 16.5. The number of ether oxygens (including phenoxy) is 1. The van der Waals surface area contributed by atoms with Crippen LogP contribution in [0.2, 0.25) is 0 Å². The van der Waals surface area contributed by atoms with Crippen LogP contribution in [0.1, 0.15) is 18.4 Å². The highest BCUT2D eigenvalue weighted by Gasteiger charge is 2.18. The summed E-state index contributed by atoms with van der Waals surface area (Å²) in [6.07, 6.45) is 6.37. The van der Waals surface area contributed by atoms with E-state index in [9.17, 15) is 0 Å². The van der Waals surface area contributed by atoms with Gasteiger partial charge in [0.2, 0.25) is 0 Å². The van der Waals surface area contributed by atoms with Crippen molar-refractivity contribution in [3.05, 3.63) is 242 Å². The molecule has 0 saturated carbocycles. The maximum absolute atomic E-state index is 5.89. The fourth-order valence-corrected chi connectivity index (χ4v) is 8.63. The summed E-state index contributed by atoms with van der Waals surface area (Å²) in [5, 5.41) is 2.46. The predicted molar refractivity (Wildman–Crippen MR) is 258 cm³/mol. The highest BCUT2D eigenvalue weighted by molar-refractivity contribution is 5.94. The van der Waals surface area contributed by atoms with Gasteiger partial charge < -0.3 is 9.64 Å². The third kappa shape index (κ3) is 7.80. The normalized spacial score (nSPS) is 12.4. The molecule has 0 N–H and O–H groups in total. The zero-order valence-corrected chi connectivity index (χ0v) is 34.2. The standard InChI is InChI=1S/C59H45NO/c1-61-59-19-11-10-18-57(59)52-32-39-56(58(41-52)51-25-24-44-16-8-9-17-50(44)40-51)49-30-37-55(38-31-49)60(53-33-26-47(27-34-53)43-14-6-3-7-15-43)54-35-28-48(29-36-54)46-22-20-45(21-23-46)42-12-4-2-5-13-42/h2-10,12-18,20-41H,11,19H2,1H3. The number of rotatable bonds is 10. The van der Waals surface area contributed by atoms with Crippen molar-refractivity contribution >= 4 is 33.4 Å². The molecule has 0 aromatic heterocycles. The molecule has 0 saturated heterocycles. The van der Waals surface area contributed by atoms with Gasteiger partial charge in [-0.3, -0.25) is 0 Å². The third-order valence-corrected chi connectivity index (χ3v) is 11.9. The number of methoxy groups -OCH3 is 1. The van der Waals surface area contributed by atoms with Crippen molar-refractivity contribution in [3.63, 3.8) is 0 Å². The Balaban J connectivity index is 1.03. The van der Waals surface area contributed by atoms with Crippen molar-refractivity contribution < 1.29 is 4.74 Å². The summed E-state index contributed by atoms with van der Waals surface area (Å²) in [4.78, 5) is 2.35. The second-order valence-corrected chi connectivity index (χ2v) is 15.6. The summed E-state index contributed by atoms with van der Waals surface area (Å²) in [5.74, 6) is 1.04. The SMILES string of the molecule is COC1=C(c2ccc(-c3ccc(N(c4ccc(-c5ccccc5)cc4)c4ccc(-c5ccc(-c6ccccc6)cc5)cc4)cc3)c(-c3ccc4ccccc4c3)c2)C=CCC1. The van der Waals surface area contributed by atoms with Crippen LogP contribution >= 0.6 is 0 Å². The molecule has 0 radical (unpaired) electrons. The Morgan fingerprint density at radius 3 is 1.34 bits per heavy atom. The van der Waals surface area contributed by atoms with E-state index < -0.39 is 0 Å². The number of benzene rings is 9. The van der Waals surface area contributed by atoms with Crippen molar-refractivity contribution in [2.24, 2.45) is 0 Å². The Bertz CT molecular complexity index is 3000. The second-order valence-electron chi connectivity index (χ2n) is 15.6. The average Bonchev–Trinajstić information content (AvgIpc) is 3.35. The topological polar surface area (TPSA) is 12.5 Å². The van der Waals surface area contributed by atoms with E-state index in [1.807, 2.05) is 0 Å². The minimum atomic E-state index is 0.910. The number of hydrogen-bond donors (Lipinski definition) is 0. The molecule has 9 aromatic carbocycles. The summed E-state index contributed by atoms with van der Waals surface area (Å²) in [7, 11) is 1.79. The zero-order valence-electron chi connectivity index (χ0n) is 34.2. The van der Waals surface area contributed by atoms with Crippen molar-refractivity contribution in [3.8, 4) is 55.6 Å². The van der Waals surface area contributed by atoms with Gasteiger partial charge in [0.25, 0.3) is 0 Å². The highest BCUT2D eigenvalue weighted by Crippen LogP contribution is 2.41. The first-order valence-corrected chi connectivity index (χ1v) is 21.1. The van der Waals surface area contributed by atoms with Gasteiger partial charge in [0.1, 0.15) is 5.76 Å². The van der Waals surface area contributed by atoms with Crippen molar-refractivity contribution in [2.45, 2.75) is 12.8 Å². The molecule has 0 spiro atoms. The fourth-order valence-electron chi connectivity index (χ4n) is 8.63. The van der Waals surface area contributed by atoms with Crippen molar-refractivity contribution in [2.75, 3.05) is 12.0 Å². The van der Waals surface area contributed by atoms with Crippen LogP contribution in [0.5, 0.6) is 0 Å². The van der Waals surface area contributed by atoms with Crippen LogP contribution in [0.15, 0.2) is 236 Å². The lowest BCUT2D eigenvalue weighted by molar-refractivity contribution is 0.279. The Morgan fingerprint density at radius 1 is 0.361 bits per heavy atom. The zero-order chi connectivity index (χ0) is 41.0. The van der Waals surface area contributed by atoms with Crippen LogP contribution in [0.3, 0.4) is 0 Å². The van der Waals surface area contributed by atoms with Gasteiger partial charge in [-0.15, -0.1) is 0 Å². The molecule has 2 nitrogen and oxygen atoms in total. The first kappa shape index (κ1) is 37.6. The van der Waals surface area contributed by atoms with E-state index >= 15 is 0 Å². The summed E-state index contributed by atoms with van der Waals surface area (Å²) >= 11 is 0. The monoisotopic (exact) mass is 783 g/mol. The molecule has 1 aliphatic rings. The molecular weight excluding hydrogens is 739 g/mol. The van der Waals surface area contributed by atoms with Gasteiger partial charge in [0.05, 0.1) is 7.11 Å². The van der Waals surface area contributed by atoms with E-state index in [1.54, 1.807) is 7.11 Å². The quantitative estimate of drug-likeness (QED) is 0.137. The van der Waals surface area contributed by atoms with Gasteiger partial charge in [0.15, 0.2) is 0 Å². The maximum atomic E-state index is 5.89. The van der Waals surface area contributed by atoms with Gasteiger partial charge in [-0.25, -0.2) is 0 Å². The van der Waals surface area contributed by atoms with Gasteiger partial charge >= 0.3 is 0 Å². The Kier molecular flexibility index (Phi) is 10.4. The van der Waals surface area contributed by atoms with Crippen LogP contribution in [-0.4, -0.2) is 7.11 Å². The van der Waals surface area contributed by atoms with E-state index in [0.29, 0.717) is 0 Å². The van der Waals surface area contributed by atoms with Crippen LogP contribution in [-0.2, 0) is 4.74 Å². The first-order valence-electron chi connectivity index (χ1n) is 21.1. The molecule has 0 amide bonds. The van der Waals surface area contributed by atoms with E-state index in [0.717, 1.165) is 52.4 Å². The molecule has 0 atom stereocenters. The lowest BCUT2D eigenvalue weighted by Gasteiger charge is -2.26. The van der Waals surface area contributed by atoms with Gasteiger partial charge in [-0.1, -0.05) is 182 Å². The maximum Gasteiger partial charge on any atom is 0.104 e. The van der Waals surface area contributed by atoms with Crippen molar-refractivity contribution in [1.82, 2.24) is 0 Å². The lowest BCUT2D eigenvalue weighted by Crippen LogP contribution is -2.09. The number of allylic oxidation sites excluding steroid dienone is 4. The van der Waals surface area contributed by atoms with Crippen LogP contribution in [0.4, 0.5) is 17.1 Å². The number of anilines is 3. The van der Waals surface area contributed by atoms with Crippen LogP contribution in [0, 0.1) is 0 Å². The molecule has 0 aliphatic heterocycles. The number of hydrogen-bond acceptors (Lipinski definition) is 2. The predicted octanol–water partition coefficient (Wildman–Crippen LogP) is 16.4. The molecular formula is C59H45NO. The molecule has 292 valence electrons. The molecule has 9 aromatic rings. The molecule has 10 rings (SSSR count). The Labute approximate surface area is 359 Å². The Morgan fingerprint density at radius 2 is 0.803 bits per heavy atom. The molecule has 0 unspecified atom stereocenters. The summed E-state index contributed by atoms with van der Waals surface area (Å²) in [6, 6.07) is 79.1.